The van der Waals surface area contributed by atoms with Crippen LogP contribution in [0.15, 0.2) is 30.3 Å². The first-order valence-corrected chi connectivity index (χ1v) is 6.39. The van der Waals surface area contributed by atoms with E-state index in [1.165, 1.54) is 0 Å². The van der Waals surface area contributed by atoms with Gasteiger partial charge >= 0.3 is 27.4 Å². The van der Waals surface area contributed by atoms with Gasteiger partial charge in [-0.1, -0.05) is 18.2 Å². The van der Waals surface area contributed by atoms with E-state index in [0.29, 0.717) is 0 Å². The first-order valence-electron chi connectivity index (χ1n) is 3.79. The van der Waals surface area contributed by atoms with E-state index >= 15 is 0 Å². The Labute approximate surface area is 90.8 Å². The molecule has 0 amide bonds. The minimum absolute atomic E-state index is 0.730. The third kappa shape index (κ3) is 5.12. The molecule has 0 heterocycles. The van der Waals surface area contributed by atoms with Crippen LogP contribution in [0.2, 0.25) is 0 Å². The van der Waals surface area contributed by atoms with Crippen LogP contribution in [0.4, 0.5) is 13.2 Å². The van der Waals surface area contributed by atoms with Crippen molar-refractivity contribution in [3.8, 4) is 9.85 Å². The lowest BCUT2D eigenvalue weighted by molar-refractivity contribution is -0.596. The maximum absolute atomic E-state index is 11.7. The highest BCUT2D eigenvalue weighted by molar-refractivity contribution is 5.31. The second-order valence-corrected chi connectivity index (χ2v) is 4.53. The molecule has 0 bridgehead atoms. The van der Waals surface area contributed by atoms with Crippen LogP contribution in [0.3, 0.4) is 0 Å². The molecule has 0 aliphatic heterocycles. The van der Waals surface area contributed by atoms with Crippen molar-refractivity contribution in [1.82, 2.24) is 0 Å². The number of hydrogen-bond donors (Lipinski definition) is 0. The molecule has 0 aliphatic carbocycles. The molecule has 1 rings (SSSR count). The van der Waals surface area contributed by atoms with Gasteiger partial charge in [-0.05, 0) is 18.1 Å². The molecule has 1 aromatic rings. The van der Waals surface area contributed by atoms with Gasteiger partial charge in [0.1, 0.15) is 0 Å². The van der Waals surface area contributed by atoms with Gasteiger partial charge in [0.15, 0.2) is 3.93 Å². The van der Waals surface area contributed by atoms with E-state index in [-0.39, 0.29) is 0 Å². The lowest BCUT2D eigenvalue weighted by Gasteiger charge is -1.91. The lowest BCUT2D eigenvalue weighted by atomic mass is 10.2. The van der Waals surface area contributed by atoms with Gasteiger partial charge in [-0.3, -0.25) is 0 Å². The van der Waals surface area contributed by atoms with Crippen LogP contribution in [-0.4, -0.2) is 10.6 Å². The molecule has 0 unspecified atom stereocenters. The Morgan fingerprint density at radius 1 is 1.14 bits per heavy atom. The van der Waals surface area contributed by atoms with Crippen LogP contribution in [0.5, 0.6) is 0 Å². The quantitative estimate of drug-likeness (QED) is 0.378. The number of hydrogen-bond acceptors (Lipinski definition) is 0. The number of alkyl halides is 4. The largest absolute Gasteiger partial charge is 0.433 e. The monoisotopic (exact) mass is 311 g/mol. The first kappa shape index (κ1) is 11.4. The first-order chi connectivity index (χ1) is 6.58. The molecular weight excluding hydrogens is 304 g/mol. The molecule has 0 radical (unpaired) electrons. The molecule has 4 heteroatoms. The van der Waals surface area contributed by atoms with Crippen LogP contribution < -0.4 is 21.2 Å². The molecule has 0 aliphatic rings. The average molecular weight is 311 g/mol. The zero-order valence-corrected chi connectivity index (χ0v) is 9.26. The van der Waals surface area contributed by atoms with Gasteiger partial charge in [-0.25, -0.2) is 0 Å². The van der Waals surface area contributed by atoms with E-state index in [2.05, 4.69) is 9.85 Å². The van der Waals surface area contributed by atoms with Crippen LogP contribution in [-0.2, 0) is 0 Å². The topological polar surface area (TPSA) is 0 Å². The molecule has 0 atom stereocenters. The van der Waals surface area contributed by atoms with Gasteiger partial charge in [-0.15, -0.1) is 0 Å². The predicted molar refractivity (Wildman–Crippen MR) is 44.2 cm³/mol. The normalized spacial score (nSPS) is 10.5. The van der Waals surface area contributed by atoms with Gasteiger partial charge < -0.3 is 0 Å². The Bertz CT molecular complexity index is 332. The summed E-state index contributed by atoms with van der Waals surface area (Å²) in [5.74, 6) is 2.72. The Kier molecular flexibility index (Phi) is 4.26. The van der Waals surface area contributed by atoms with Crippen molar-refractivity contribution < 1.29 is 34.4 Å². The molecule has 0 aromatic heterocycles. The van der Waals surface area contributed by atoms with Gasteiger partial charge in [0.2, 0.25) is 0 Å². The average Bonchev–Trinajstić information content (AvgIpc) is 2.13. The third-order valence-electron chi connectivity index (χ3n) is 1.25. The van der Waals surface area contributed by atoms with Crippen LogP contribution in [0.25, 0.3) is 0 Å². The summed E-state index contributed by atoms with van der Waals surface area (Å²) in [4.78, 5) is 0. The molecule has 0 N–H and O–H groups in total. The smallest absolute Gasteiger partial charge is 0.166 e. The highest BCUT2D eigenvalue weighted by Gasteiger charge is 2.35. The maximum Gasteiger partial charge on any atom is 0.433 e. The minimum Gasteiger partial charge on any atom is -0.166 e. The van der Waals surface area contributed by atoms with E-state index in [1.807, 2.05) is 18.2 Å². The van der Waals surface area contributed by atoms with Gasteiger partial charge in [-0.2, -0.15) is 13.2 Å². The fourth-order valence-corrected chi connectivity index (χ4v) is 1.84. The Morgan fingerprint density at radius 2 is 1.79 bits per heavy atom. The van der Waals surface area contributed by atoms with Gasteiger partial charge in [0.25, 0.3) is 4.43 Å². The Morgan fingerprint density at radius 3 is 2.36 bits per heavy atom. The SMILES string of the molecule is FC(F)(F)C[I+]C#Cc1ccccc1. The molecule has 0 saturated heterocycles. The summed E-state index contributed by atoms with van der Waals surface area (Å²) >= 11 is -1.08. The summed E-state index contributed by atoms with van der Waals surface area (Å²) in [5.41, 5.74) is 0.773. The molecule has 14 heavy (non-hydrogen) atoms. The Balaban J connectivity index is 2.42. The van der Waals surface area contributed by atoms with Crippen molar-refractivity contribution in [2.45, 2.75) is 6.18 Å². The van der Waals surface area contributed by atoms with Crippen molar-refractivity contribution in [2.24, 2.45) is 0 Å². The fourth-order valence-electron chi connectivity index (χ4n) is 0.719. The minimum atomic E-state index is -4.06. The predicted octanol–water partition coefficient (Wildman–Crippen LogP) is -0.353. The van der Waals surface area contributed by atoms with Crippen LogP contribution >= 0.6 is 0 Å². The van der Waals surface area contributed by atoms with E-state index < -0.39 is 31.8 Å². The fraction of sp³-hybridized carbons (Fsp3) is 0.200. The standard InChI is InChI=1S/C10H7F3I/c11-10(12,13)8-14-7-6-9-4-2-1-3-5-9/h1-5H,8H2/q+1. The summed E-state index contributed by atoms with van der Waals surface area (Å²) < 4.78 is 37.1. The van der Waals surface area contributed by atoms with Crippen LogP contribution in [0.1, 0.15) is 5.56 Å². The summed E-state index contributed by atoms with van der Waals surface area (Å²) in [7, 11) is 0. The Hall–Kier alpha value is -0.700. The zero-order chi connectivity index (χ0) is 10.4. The molecule has 0 spiro atoms. The molecule has 0 saturated carbocycles. The summed E-state index contributed by atoms with van der Waals surface area (Å²) in [6.45, 7) is 0. The van der Waals surface area contributed by atoms with Crippen molar-refractivity contribution >= 4 is 0 Å². The van der Waals surface area contributed by atoms with E-state index in [1.54, 1.807) is 12.1 Å². The van der Waals surface area contributed by atoms with E-state index in [9.17, 15) is 13.2 Å². The van der Waals surface area contributed by atoms with Gasteiger partial charge in [0.05, 0.1) is 0 Å². The highest BCUT2D eigenvalue weighted by atomic mass is 127. The molecular formula is C10H7F3I+. The zero-order valence-electron chi connectivity index (χ0n) is 7.11. The molecule has 1 aromatic carbocycles. The number of benzene rings is 1. The second-order valence-electron chi connectivity index (χ2n) is 2.47. The lowest BCUT2D eigenvalue weighted by Crippen LogP contribution is -3.61. The van der Waals surface area contributed by atoms with Crippen molar-refractivity contribution in [3.05, 3.63) is 35.9 Å². The van der Waals surface area contributed by atoms with Crippen molar-refractivity contribution in [2.75, 3.05) is 4.43 Å². The molecule has 0 fully saturated rings. The van der Waals surface area contributed by atoms with E-state index in [4.69, 9.17) is 0 Å². The van der Waals surface area contributed by atoms with Crippen LogP contribution in [0, 0.1) is 9.85 Å². The van der Waals surface area contributed by atoms with E-state index in [0.717, 1.165) is 5.56 Å². The molecule has 0 nitrogen and oxygen atoms in total. The second kappa shape index (κ2) is 5.25. The van der Waals surface area contributed by atoms with Crippen molar-refractivity contribution in [3.63, 3.8) is 0 Å². The summed E-state index contributed by atoms with van der Waals surface area (Å²) in [5, 5.41) is 0. The summed E-state index contributed by atoms with van der Waals surface area (Å²) in [6, 6.07) is 9.03. The highest BCUT2D eigenvalue weighted by Crippen LogP contribution is 2.09. The number of rotatable bonds is 1. The summed E-state index contributed by atoms with van der Waals surface area (Å²) in [6.07, 6.45) is -4.06. The van der Waals surface area contributed by atoms with Gasteiger partial charge in [0, 0.05) is 5.56 Å². The van der Waals surface area contributed by atoms with Crippen molar-refractivity contribution in [1.29, 1.82) is 0 Å². The molecule has 74 valence electrons. The third-order valence-corrected chi connectivity index (χ3v) is 3.15. The number of halogens is 4. The maximum atomic E-state index is 11.7.